The van der Waals surface area contributed by atoms with Gasteiger partial charge in [0, 0.05) is 25.2 Å². The van der Waals surface area contributed by atoms with Crippen LogP contribution in [-0.2, 0) is 9.59 Å². The molecule has 0 radical (unpaired) electrons. The molecule has 2 amide bonds. The second-order valence-corrected chi connectivity index (χ2v) is 10.1. The third-order valence-corrected chi connectivity index (χ3v) is 6.57. The number of benzene rings is 2. The molecule has 0 aromatic heterocycles. The number of carbonyl (C=O) groups is 2. The Labute approximate surface area is 232 Å². The molecule has 2 atom stereocenters. The van der Waals surface area contributed by atoms with Crippen molar-refractivity contribution in [3.8, 4) is 5.75 Å². The van der Waals surface area contributed by atoms with Crippen LogP contribution in [0, 0.1) is 0 Å². The number of anilines is 1. The van der Waals surface area contributed by atoms with E-state index in [2.05, 4.69) is 10.6 Å². The average molecular weight is 604 g/mol. The summed E-state index contributed by atoms with van der Waals surface area (Å²) in [5, 5.41) is 17.3. The lowest BCUT2D eigenvalue weighted by atomic mass is 10.0. The molecule has 1 saturated heterocycles. The summed E-state index contributed by atoms with van der Waals surface area (Å²) in [4.78, 5) is 27.1. The van der Waals surface area contributed by atoms with Gasteiger partial charge in [-0.15, -0.1) is 17.0 Å². The molecule has 0 aliphatic carbocycles. The first-order valence-electron chi connectivity index (χ1n) is 11.5. The maximum absolute atomic E-state index is 12.9. The van der Waals surface area contributed by atoms with Crippen LogP contribution in [-0.4, -0.2) is 59.6 Å². The fraction of sp³-hybridized carbons (Fsp3) is 0.440. The Balaban J connectivity index is 0.00000456. The zero-order chi connectivity index (χ0) is 25.6. The number of rotatable bonds is 10. The van der Waals surface area contributed by atoms with Crippen LogP contribution < -0.4 is 21.1 Å². The minimum atomic E-state index is -0.867. The molecule has 0 spiro atoms. The lowest BCUT2D eigenvalue weighted by Crippen LogP contribution is -2.54. The lowest BCUT2D eigenvalue weighted by Gasteiger charge is -2.30. The molecule has 198 valence electrons. The quantitative estimate of drug-likeness (QED) is 0.307. The highest BCUT2D eigenvalue weighted by atomic mass is 79.9. The molecule has 1 aliphatic heterocycles. The fourth-order valence-corrected chi connectivity index (χ4v) is 4.36. The van der Waals surface area contributed by atoms with Gasteiger partial charge in [0.05, 0.1) is 21.8 Å². The van der Waals surface area contributed by atoms with Crippen LogP contribution in [0.5, 0.6) is 5.75 Å². The van der Waals surface area contributed by atoms with Crippen LogP contribution in [0.2, 0.25) is 10.0 Å². The van der Waals surface area contributed by atoms with Crippen LogP contribution in [0.3, 0.4) is 0 Å². The number of aliphatic hydroxyl groups excluding tert-OH is 1. The Morgan fingerprint density at radius 2 is 1.86 bits per heavy atom. The normalized spacial score (nSPS) is 16.2. The number of nitrogens with zero attached hydrogens (tertiary/aromatic N) is 1. The first-order valence-corrected chi connectivity index (χ1v) is 12.3. The molecule has 1 heterocycles. The van der Waals surface area contributed by atoms with Gasteiger partial charge in [-0.3, -0.25) is 9.59 Å². The minimum Gasteiger partial charge on any atom is -0.484 e. The monoisotopic (exact) mass is 602 g/mol. The van der Waals surface area contributed by atoms with E-state index in [4.69, 9.17) is 33.7 Å². The van der Waals surface area contributed by atoms with Gasteiger partial charge < -0.3 is 31.1 Å². The van der Waals surface area contributed by atoms with E-state index in [9.17, 15) is 14.7 Å². The van der Waals surface area contributed by atoms with E-state index in [1.807, 2.05) is 32.0 Å². The first kappa shape index (κ1) is 30.2. The van der Waals surface area contributed by atoms with Gasteiger partial charge >= 0.3 is 0 Å². The molecule has 5 N–H and O–H groups in total. The van der Waals surface area contributed by atoms with E-state index >= 15 is 0 Å². The fourth-order valence-electron chi connectivity index (χ4n) is 3.86. The second kappa shape index (κ2) is 13.5. The van der Waals surface area contributed by atoms with Gasteiger partial charge in [-0.1, -0.05) is 41.4 Å². The number of nitrogens with one attached hydrogen (secondary N) is 2. The molecule has 1 aliphatic rings. The zero-order valence-electron chi connectivity index (χ0n) is 20.3. The number of β-amino-alcohol motifs (C(OH)–C–C–N with tert-alkyl or cyclic N) is 1. The number of nitrogens with two attached hydrogens (primary N) is 1. The van der Waals surface area contributed by atoms with E-state index in [-0.39, 0.29) is 57.7 Å². The molecule has 2 aromatic carbocycles. The Morgan fingerprint density at radius 1 is 1.22 bits per heavy atom. The summed E-state index contributed by atoms with van der Waals surface area (Å²) in [5.74, 6) is 0.190. The van der Waals surface area contributed by atoms with Gasteiger partial charge in [-0.25, -0.2) is 0 Å². The lowest BCUT2D eigenvalue weighted by molar-refractivity contribution is -0.140. The molecule has 2 aromatic rings. The largest absolute Gasteiger partial charge is 0.484 e. The van der Waals surface area contributed by atoms with Crippen molar-refractivity contribution in [3.05, 3.63) is 58.1 Å². The van der Waals surface area contributed by atoms with Gasteiger partial charge in [0.25, 0.3) is 5.91 Å². The zero-order valence-corrected chi connectivity index (χ0v) is 23.5. The van der Waals surface area contributed by atoms with Gasteiger partial charge in [0.2, 0.25) is 5.91 Å². The molecular formula is C25H33BrCl2N4O4. The number of likely N-dealkylation sites (tertiary alicyclic amines) is 1. The summed E-state index contributed by atoms with van der Waals surface area (Å²) < 4.78 is 5.55. The molecular weight excluding hydrogens is 571 g/mol. The summed E-state index contributed by atoms with van der Waals surface area (Å²) in [6.45, 7) is 4.75. The maximum Gasteiger partial charge on any atom is 0.261 e. The molecule has 0 saturated carbocycles. The highest BCUT2D eigenvalue weighted by Crippen LogP contribution is 2.31. The molecule has 0 bridgehead atoms. The van der Waals surface area contributed by atoms with E-state index in [1.54, 1.807) is 29.2 Å². The predicted molar refractivity (Wildman–Crippen MR) is 148 cm³/mol. The second-order valence-electron chi connectivity index (χ2n) is 9.24. The van der Waals surface area contributed by atoms with Crippen molar-refractivity contribution in [3.63, 3.8) is 0 Å². The number of ether oxygens (including phenoxy) is 1. The van der Waals surface area contributed by atoms with Crippen LogP contribution in [0.4, 0.5) is 5.69 Å². The average Bonchev–Trinajstić information content (AvgIpc) is 3.33. The van der Waals surface area contributed by atoms with Crippen LogP contribution in [0.25, 0.3) is 0 Å². The number of carbonyl (C=O) groups excluding carboxylic acids is 2. The maximum atomic E-state index is 12.9. The van der Waals surface area contributed by atoms with Crippen molar-refractivity contribution >= 4 is 57.7 Å². The first-order chi connectivity index (χ1) is 16.6. The van der Waals surface area contributed by atoms with Crippen molar-refractivity contribution in [2.75, 3.05) is 32.0 Å². The van der Waals surface area contributed by atoms with Crippen molar-refractivity contribution in [1.82, 2.24) is 15.5 Å². The number of para-hydroxylation sites is 1. The predicted octanol–water partition coefficient (Wildman–Crippen LogP) is 3.74. The SMILES string of the molecule is Br.CC(C)(CNC(=O)C1CCCN1C(=O)COc1ccccc1)NCC(O)c1cc(Cl)c(N)c(Cl)c1. The van der Waals surface area contributed by atoms with Gasteiger partial charge in [0.15, 0.2) is 6.61 Å². The number of halogens is 3. The summed E-state index contributed by atoms with van der Waals surface area (Å²) in [6.07, 6.45) is 0.497. The standard InChI is InChI=1S/C25H32Cl2N4O4.BrH/c1-25(2,30-13-21(32)16-11-18(26)23(28)19(27)12-16)15-29-24(34)20-9-6-10-31(20)22(33)14-35-17-7-4-3-5-8-17;/h3-5,7-8,11-12,20-21,30,32H,6,9-10,13-15,28H2,1-2H3,(H,29,34);1H. The van der Waals surface area contributed by atoms with Crippen LogP contribution in [0.15, 0.2) is 42.5 Å². The van der Waals surface area contributed by atoms with Crippen molar-refractivity contribution in [2.45, 2.75) is 44.4 Å². The summed E-state index contributed by atoms with van der Waals surface area (Å²) in [5.41, 5.74) is 6.04. The van der Waals surface area contributed by atoms with E-state index in [1.165, 1.54) is 0 Å². The van der Waals surface area contributed by atoms with Gasteiger partial charge in [-0.05, 0) is 56.5 Å². The molecule has 2 unspecified atom stereocenters. The highest BCUT2D eigenvalue weighted by Gasteiger charge is 2.34. The minimum absolute atomic E-state index is 0. The number of hydrogen-bond donors (Lipinski definition) is 4. The van der Waals surface area contributed by atoms with Gasteiger partial charge in [-0.2, -0.15) is 0 Å². The molecule has 3 rings (SSSR count). The van der Waals surface area contributed by atoms with Crippen molar-refractivity contribution in [1.29, 1.82) is 0 Å². The van der Waals surface area contributed by atoms with Crippen LogP contribution >= 0.6 is 40.2 Å². The van der Waals surface area contributed by atoms with E-state index in [0.717, 1.165) is 6.42 Å². The Kier molecular flexibility index (Phi) is 11.3. The van der Waals surface area contributed by atoms with E-state index < -0.39 is 17.7 Å². The van der Waals surface area contributed by atoms with Crippen molar-refractivity contribution < 1.29 is 19.4 Å². The topological polar surface area (TPSA) is 117 Å². The third-order valence-electron chi connectivity index (χ3n) is 5.95. The van der Waals surface area contributed by atoms with Crippen LogP contribution in [0.1, 0.15) is 38.4 Å². The third kappa shape index (κ3) is 8.24. The molecule has 36 heavy (non-hydrogen) atoms. The number of nitrogen functional groups attached to an aromatic ring is 1. The Morgan fingerprint density at radius 3 is 2.50 bits per heavy atom. The summed E-state index contributed by atoms with van der Waals surface area (Å²) in [6, 6.07) is 11.7. The van der Waals surface area contributed by atoms with Crippen molar-refractivity contribution in [2.24, 2.45) is 0 Å². The summed E-state index contributed by atoms with van der Waals surface area (Å²) in [7, 11) is 0. The Hall–Kier alpha value is -2.04. The molecule has 8 nitrogen and oxygen atoms in total. The highest BCUT2D eigenvalue weighted by molar-refractivity contribution is 8.93. The molecule has 11 heteroatoms. The van der Waals surface area contributed by atoms with E-state index in [0.29, 0.717) is 30.8 Å². The number of aliphatic hydroxyl groups is 1. The molecule has 1 fully saturated rings. The number of amides is 2. The summed E-state index contributed by atoms with van der Waals surface area (Å²) >= 11 is 12.1. The smallest absolute Gasteiger partial charge is 0.261 e. The Bertz CT molecular complexity index is 1020. The van der Waals surface area contributed by atoms with Gasteiger partial charge in [0.1, 0.15) is 11.8 Å². The number of hydrogen-bond acceptors (Lipinski definition) is 6.